The highest BCUT2D eigenvalue weighted by molar-refractivity contribution is 7.80. The van der Waals surface area contributed by atoms with Crippen molar-refractivity contribution in [2.75, 3.05) is 5.32 Å². The molecular weight excluding hydrogens is 392 g/mol. The van der Waals surface area contributed by atoms with E-state index in [2.05, 4.69) is 38.3 Å². The Morgan fingerprint density at radius 3 is 2.86 bits per heavy atom. The first kappa shape index (κ1) is 19.7. The topological polar surface area (TPSA) is 67.1 Å². The van der Waals surface area contributed by atoms with Gasteiger partial charge in [0.2, 0.25) is 0 Å². The van der Waals surface area contributed by atoms with Crippen LogP contribution in [-0.4, -0.2) is 26.3 Å². The van der Waals surface area contributed by atoms with E-state index in [1.54, 1.807) is 17.0 Å². The lowest BCUT2D eigenvalue weighted by atomic mass is 10.2. The molecule has 1 heterocycles. The van der Waals surface area contributed by atoms with Gasteiger partial charge in [0.15, 0.2) is 5.11 Å². The number of anilines is 1. The quantitative estimate of drug-likeness (QED) is 0.361. The normalized spacial score (nSPS) is 11.2. The predicted octanol–water partition coefficient (Wildman–Crippen LogP) is 4.27. The van der Waals surface area contributed by atoms with E-state index in [-0.39, 0.29) is 0 Å². The summed E-state index contributed by atoms with van der Waals surface area (Å²) in [6.07, 6.45) is 7.04. The molecule has 2 N–H and O–H groups in total. The minimum atomic E-state index is 0.379. The maximum absolute atomic E-state index is 6.09. The molecule has 0 aliphatic heterocycles. The summed E-state index contributed by atoms with van der Waals surface area (Å²) >= 11 is 11.3. The highest BCUT2D eigenvalue weighted by Gasteiger charge is 2.03. The predicted molar refractivity (Wildman–Crippen MR) is 119 cm³/mol. The van der Waals surface area contributed by atoms with Crippen LogP contribution in [0.3, 0.4) is 0 Å². The van der Waals surface area contributed by atoms with Crippen LogP contribution < -0.4 is 10.7 Å². The van der Waals surface area contributed by atoms with Gasteiger partial charge in [-0.2, -0.15) is 5.10 Å². The van der Waals surface area contributed by atoms with Crippen molar-refractivity contribution in [1.82, 2.24) is 20.4 Å². The average molecular weight is 411 g/mol. The Morgan fingerprint density at radius 2 is 2.04 bits per heavy atom. The zero-order chi connectivity index (χ0) is 19.8. The first-order chi connectivity index (χ1) is 13.6. The number of hydrazone groups is 1. The summed E-state index contributed by atoms with van der Waals surface area (Å²) in [6, 6.07) is 15.7. The Balaban J connectivity index is 1.47. The standard InChI is InChI=1S/C20H19ClN6S/c1-15-18(21)10-5-11-19(15)23-20(28)25-22-12-6-9-17-14-27(26-24-17)13-16-7-3-2-4-8-16/h2-12,14H,13H2,1H3,(H2,23,25,28). The number of nitrogens with one attached hydrogen (secondary N) is 2. The lowest BCUT2D eigenvalue weighted by Gasteiger charge is -2.10. The lowest BCUT2D eigenvalue weighted by molar-refractivity contribution is 0.649. The molecule has 1 aromatic heterocycles. The number of aromatic nitrogens is 3. The first-order valence-electron chi connectivity index (χ1n) is 8.58. The Labute approximate surface area is 173 Å². The number of hydrogen-bond acceptors (Lipinski definition) is 4. The molecule has 0 aliphatic rings. The van der Waals surface area contributed by atoms with Crippen LogP contribution in [0.25, 0.3) is 6.08 Å². The van der Waals surface area contributed by atoms with Gasteiger partial charge < -0.3 is 5.32 Å². The maximum Gasteiger partial charge on any atom is 0.191 e. The second-order valence-electron chi connectivity index (χ2n) is 5.94. The molecule has 6 nitrogen and oxygen atoms in total. The van der Waals surface area contributed by atoms with Gasteiger partial charge in [0.1, 0.15) is 5.69 Å². The van der Waals surface area contributed by atoms with Crippen LogP contribution in [0, 0.1) is 6.92 Å². The van der Waals surface area contributed by atoms with Crippen molar-refractivity contribution in [3.63, 3.8) is 0 Å². The Kier molecular flexibility index (Phi) is 6.89. The van der Waals surface area contributed by atoms with Crippen molar-refractivity contribution in [3.8, 4) is 0 Å². The second kappa shape index (κ2) is 9.77. The van der Waals surface area contributed by atoms with E-state index in [1.807, 2.05) is 55.6 Å². The molecule has 3 rings (SSSR count). The van der Waals surface area contributed by atoms with Crippen LogP contribution >= 0.6 is 23.8 Å². The van der Waals surface area contributed by atoms with E-state index < -0.39 is 0 Å². The number of hydrogen-bond donors (Lipinski definition) is 2. The van der Waals surface area contributed by atoms with Gasteiger partial charge in [0.05, 0.1) is 12.7 Å². The van der Waals surface area contributed by atoms with Crippen LogP contribution in [-0.2, 0) is 6.54 Å². The fourth-order valence-electron chi connectivity index (χ4n) is 2.41. The molecule has 142 valence electrons. The van der Waals surface area contributed by atoms with Gasteiger partial charge in [0.25, 0.3) is 0 Å². The first-order valence-corrected chi connectivity index (χ1v) is 9.36. The maximum atomic E-state index is 6.09. The number of allylic oxidation sites excluding steroid dienone is 1. The van der Waals surface area contributed by atoms with Gasteiger partial charge in [-0.3, -0.25) is 5.43 Å². The summed E-state index contributed by atoms with van der Waals surface area (Å²) in [5, 5.41) is 16.4. The van der Waals surface area contributed by atoms with E-state index >= 15 is 0 Å². The molecule has 28 heavy (non-hydrogen) atoms. The summed E-state index contributed by atoms with van der Waals surface area (Å²) < 4.78 is 1.79. The molecule has 0 spiro atoms. The van der Waals surface area contributed by atoms with Gasteiger partial charge in [-0.25, -0.2) is 4.68 Å². The van der Waals surface area contributed by atoms with E-state index in [0.29, 0.717) is 16.7 Å². The summed E-state index contributed by atoms with van der Waals surface area (Å²) in [4.78, 5) is 0. The average Bonchev–Trinajstić information content (AvgIpc) is 3.13. The SMILES string of the molecule is Cc1c(Cl)cccc1NC(=S)NN=CC=Cc1cn(Cc2ccccc2)nn1. The number of halogens is 1. The zero-order valence-electron chi connectivity index (χ0n) is 15.2. The third-order valence-electron chi connectivity index (χ3n) is 3.85. The van der Waals surface area contributed by atoms with Crippen LogP contribution in [0.5, 0.6) is 0 Å². The van der Waals surface area contributed by atoms with E-state index in [9.17, 15) is 0 Å². The number of thiocarbonyl (C=S) groups is 1. The Morgan fingerprint density at radius 1 is 1.21 bits per heavy atom. The molecule has 0 fully saturated rings. The molecule has 3 aromatic rings. The largest absolute Gasteiger partial charge is 0.331 e. The molecule has 0 atom stereocenters. The molecule has 0 aliphatic carbocycles. The summed E-state index contributed by atoms with van der Waals surface area (Å²) in [6.45, 7) is 2.60. The van der Waals surface area contributed by atoms with Crippen molar-refractivity contribution >= 4 is 46.9 Å². The molecule has 0 saturated carbocycles. The molecule has 0 saturated heterocycles. The summed E-state index contributed by atoms with van der Waals surface area (Å²) in [7, 11) is 0. The monoisotopic (exact) mass is 410 g/mol. The number of rotatable bonds is 6. The van der Waals surface area contributed by atoms with Gasteiger partial charge in [-0.05, 0) is 54.6 Å². The summed E-state index contributed by atoms with van der Waals surface area (Å²) in [5.74, 6) is 0. The third-order valence-corrected chi connectivity index (χ3v) is 4.46. The van der Waals surface area contributed by atoms with E-state index in [1.165, 1.54) is 5.56 Å². The molecule has 0 bridgehead atoms. The second-order valence-corrected chi connectivity index (χ2v) is 6.76. The fourth-order valence-corrected chi connectivity index (χ4v) is 2.75. The van der Waals surface area contributed by atoms with Gasteiger partial charge in [0, 0.05) is 16.9 Å². The third kappa shape index (κ3) is 5.73. The molecule has 0 radical (unpaired) electrons. The van der Waals surface area contributed by atoms with Gasteiger partial charge in [-0.15, -0.1) is 5.10 Å². The number of nitrogens with zero attached hydrogens (tertiary/aromatic N) is 4. The molecule has 8 heteroatoms. The summed E-state index contributed by atoms with van der Waals surface area (Å²) in [5.41, 5.74) is 6.44. The molecule has 0 amide bonds. The minimum Gasteiger partial charge on any atom is -0.331 e. The van der Waals surface area contributed by atoms with Crippen LogP contribution in [0.15, 0.2) is 65.9 Å². The van der Waals surface area contributed by atoms with Crippen molar-refractivity contribution in [1.29, 1.82) is 0 Å². The van der Waals surface area contributed by atoms with E-state index in [4.69, 9.17) is 23.8 Å². The minimum absolute atomic E-state index is 0.379. The Hall–Kier alpha value is -3.03. The van der Waals surface area contributed by atoms with Crippen LogP contribution in [0.2, 0.25) is 5.02 Å². The highest BCUT2D eigenvalue weighted by atomic mass is 35.5. The van der Waals surface area contributed by atoms with Crippen molar-refractivity contribution in [3.05, 3.63) is 82.6 Å². The van der Waals surface area contributed by atoms with Gasteiger partial charge >= 0.3 is 0 Å². The fraction of sp³-hybridized carbons (Fsp3) is 0.100. The van der Waals surface area contributed by atoms with Gasteiger partial charge in [-0.1, -0.05) is 53.2 Å². The number of benzene rings is 2. The van der Waals surface area contributed by atoms with E-state index in [0.717, 1.165) is 16.9 Å². The van der Waals surface area contributed by atoms with Crippen molar-refractivity contribution in [2.45, 2.75) is 13.5 Å². The molecular formula is C20H19ClN6S. The Bertz CT molecular complexity index is 997. The van der Waals surface area contributed by atoms with Crippen molar-refractivity contribution < 1.29 is 0 Å². The van der Waals surface area contributed by atoms with Crippen LogP contribution in [0.1, 0.15) is 16.8 Å². The smallest absolute Gasteiger partial charge is 0.191 e. The molecule has 0 unspecified atom stereocenters. The lowest BCUT2D eigenvalue weighted by Crippen LogP contribution is -2.24. The highest BCUT2D eigenvalue weighted by Crippen LogP contribution is 2.22. The zero-order valence-corrected chi connectivity index (χ0v) is 16.8. The molecule has 2 aromatic carbocycles. The van der Waals surface area contributed by atoms with Crippen molar-refractivity contribution in [2.24, 2.45) is 5.10 Å². The van der Waals surface area contributed by atoms with Crippen LogP contribution in [0.4, 0.5) is 5.69 Å².